The SMILES string of the molecule is CC(C)CC(NN)c1cncc(OC(C)C)c1. The number of hydrogen-bond acceptors (Lipinski definition) is 4. The number of aromatic nitrogens is 1. The molecule has 1 atom stereocenters. The first-order valence-electron chi connectivity index (χ1n) is 6.10. The standard InChI is InChI=1S/C13H23N3O/c1-9(2)5-13(16-14)11-6-12(8-15-7-11)17-10(3)4/h6-10,13,16H,5,14H2,1-4H3. The maximum absolute atomic E-state index is 5.62. The van der Waals surface area contributed by atoms with Crippen LogP contribution in [0.5, 0.6) is 5.75 Å². The third kappa shape index (κ3) is 4.71. The van der Waals surface area contributed by atoms with Crippen LogP contribution < -0.4 is 16.0 Å². The van der Waals surface area contributed by atoms with Crippen LogP contribution in [-0.4, -0.2) is 11.1 Å². The summed E-state index contributed by atoms with van der Waals surface area (Å²) in [6.45, 7) is 8.34. The predicted octanol–water partition coefficient (Wildman–Crippen LogP) is 2.42. The molecule has 0 spiro atoms. The Hall–Kier alpha value is -1.13. The Labute approximate surface area is 104 Å². The maximum atomic E-state index is 5.62. The monoisotopic (exact) mass is 237 g/mol. The van der Waals surface area contributed by atoms with Gasteiger partial charge in [0.15, 0.2) is 0 Å². The van der Waals surface area contributed by atoms with Gasteiger partial charge in [-0.25, -0.2) is 0 Å². The van der Waals surface area contributed by atoms with Crippen LogP contribution in [0.25, 0.3) is 0 Å². The molecule has 1 rings (SSSR count). The molecule has 3 N–H and O–H groups in total. The molecule has 0 bridgehead atoms. The van der Waals surface area contributed by atoms with Crippen LogP contribution >= 0.6 is 0 Å². The fourth-order valence-corrected chi connectivity index (χ4v) is 1.73. The third-order valence-electron chi connectivity index (χ3n) is 2.42. The van der Waals surface area contributed by atoms with Crippen LogP contribution in [0.15, 0.2) is 18.5 Å². The summed E-state index contributed by atoms with van der Waals surface area (Å²) in [5.74, 6) is 6.95. The lowest BCUT2D eigenvalue weighted by atomic mass is 9.99. The van der Waals surface area contributed by atoms with Crippen molar-refractivity contribution in [3.8, 4) is 5.75 Å². The molecule has 1 aromatic rings. The van der Waals surface area contributed by atoms with Gasteiger partial charge in [-0.3, -0.25) is 16.3 Å². The lowest BCUT2D eigenvalue weighted by Crippen LogP contribution is -2.29. The van der Waals surface area contributed by atoms with Gasteiger partial charge in [0.25, 0.3) is 0 Å². The molecule has 0 saturated heterocycles. The number of nitrogens with zero attached hydrogens (tertiary/aromatic N) is 1. The minimum atomic E-state index is 0.123. The topological polar surface area (TPSA) is 60.2 Å². The third-order valence-corrected chi connectivity index (χ3v) is 2.42. The molecule has 17 heavy (non-hydrogen) atoms. The van der Waals surface area contributed by atoms with Crippen LogP contribution in [-0.2, 0) is 0 Å². The zero-order valence-electron chi connectivity index (χ0n) is 11.1. The van der Waals surface area contributed by atoms with E-state index in [-0.39, 0.29) is 12.1 Å². The van der Waals surface area contributed by atoms with Crippen molar-refractivity contribution in [2.75, 3.05) is 0 Å². The Morgan fingerprint density at radius 1 is 1.29 bits per heavy atom. The van der Waals surface area contributed by atoms with E-state index >= 15 is 0 Å². The van der Waals surface area contributed by atoms with E-state index in [1.165, 1.54) is 0 Å². The molecule has 4 heteroatoms. The molecule has 4 nitrogen and oxygen atoms in total. The first kappa shape index (κ1) is 13.9. The molecule has 1 aromatic heterocycles. The second kappa shape index (κ2) is 6.57. The molecule has 0 amide bonds. The number of hydrazine groups is 1. The Bertz CT molecular complexity index is 339. The molecule has 0 fully saturated rings. The van der Waals surface area contributed by atoms with Crippen LogP contribution in [0.3, 0.4) is 0 Å². The zero-order valence-corrected chi connectivity index (χ0v) is 11.1. The average Bonchev–Trinajstić information content (AvgIpc) is 2.25. The number of pyridine rings is 1. The van der Waals surface area contributed by atoms with Gasteiger partial charge in [0.1, 0.15) is 5.75 Å². The highest BCUT2D eigenvalue weighted by Crippen LogP contribution is 2.23. The van der Waals surface area contributed by atoms with E-state index in [2.05, 4.69) is 24.3 Å². The van der Waals surface area contributed by atoms with Gasteiger partial charge in [0.05, 0.1) is 12.3 Å². The summed E-state index contributed by atoms with van der Waals surface area (Å²) in [7, 11) is 0. The van der Waals surface area contributed by atoms with E-state index in [1.807, 2.05) is 26.1 Å². The quantitative estimate of drug-likeness (QED) is 0.589. The minimum absolute atomic E-state index is 0.123. The van der Waals surface area contributed by atoms with Gasteiger partial charge in [-0.2, -0.15) is 0 Å². The Balaban J connectivity index is 2.81. The van der Waals surface area contributed by atoms with E-state index in [1.54, 1.807) is 6.20 Å². The molecule has 0 aromatic carbocycles. The first-order chi connectivity index (χ1) is 8.02. The second-order valence-corrected chi connectivity index (χ2v) is 4.97. The van der Waals surface area contributed by atoms with Crippen molar-refractivity contribution in [2.45, 2.75) is 46.3 Å². The summed E-state index contributed by atoms with van der Waals surface area (Å²) in [5, 5.41) is 0. The number of rotatable bonds is 6. The Kier molecular flexibility index (Phi) is 5.38. The van der Waals surface area contributed by atoms with E-state index in [4.69, 9.17) is 10.6 Å². The van der Waals surface area contributed by atoms with Gasteiger partial charge in [-0.1, -0.05) is 13.8 Å². The predicted molar refractivity (Wildman–Crippen MR) is 69.5 cm³/mol. The lowest BCUT2D eigenvalue weighted by molar-refractivity contribution is 0.241. The number of hydrogen-bond donors (Lipinski definition) is 2. The van der Waals surface area contributed by atoms with Gasteiger partial charge in [0.2, 0.25) is 0 Å². The normalized spacial score (nSPS) is 13.1. The van der Waals surface area contributed by atoms with Crippen LogP contribution in [0.1, 0.15) is 45.7 Å². The van der Waals surface area contributed by atoms with Crippen molar-refractivity contribution in [3.05, 3.63) is 24.0 Å². The molecule has 1 unspecified atom stereocenters. The van der Waals surface area contributed by atoms with Crippen molar-refractivity contribution < 1.29 is 4.74 Å². The smallest absolute Gasteiger partial charge is 0.138 e. The highest BCUT2D eigenvalue weighted by atomic mass is 16.5. The van der Waals surface area contributed by atoms with E-state index in [9.17, 15) is 0 Å². The van der Waals surface area contributed by atoms with Crippen molar-refractivity contribution in [1.29, 1.82) is 0 Å². The molecule has 0 saturated carbocycles. The minimum Gasteiger partial charge on any atom is -0.489 e. The fraction of sp³-hybridized carbons (Fsp3) is 0.615. The van der Waals surface area contributed by atoms with Gasteiger partial charge in [0, 0.05) is 12.2 Å². The molecule has 0 aliphatic carbocycles. The molecular weight excluding hydrogens is 214 g/mol. The largest absolute Gasteiger partial charge is 0.489 e. The van der Waals surface area contributed by atoms with Gasteiger partial charge in [-0.05, 0) is 37.8 Å². The highest BCUT2D eigenvalue weighted by Gasteiger charge is 2.13. The van der Waals surface area contributed by atoms with Crippen LogP contribution in [0.2, 0.25) is 0 Å². The zero-order chi connectivity index (χ0) is 12.8. The first-order valence-corrected chi connectivity index (χ1v) is 6.10. The summed E-state index contributed by atoms with van der Waals surface area (Å²) in [6, 6.07) is 2.12. The molecule has 1 heterocycles. The number of nitrogens with one attached hydrogen (secondary N) is 1. The average molecular weight is 237 g/mol. The molecular formula is C13H23N3O. The summed E-state index contributed by atoms with van der Waals surface area (Å²) in [6.07, 6.45) is 4.69. The number of nitrogens with two attached hydrogens (primary N) is 1. The van der Waals surface area contributed by atoms with Gasteiger partial charge < -0.3 is 4.74 Å². The summed E-state index contributed by atoms with van der Waals surface area (Å²) in [5.41, 5.74) is 3.90. The molecule has 0 aliphatic heterocycles. The summed E-state index contributed by atoms with van der Waals surface area (Å²) < 4.78 is 5.62. The van der Waals surface area contributed by atoms with Crippen molar-refractivity contribution >= 4 is 0 Å². The van der Waals surface area contributed by atoms with Gasteiger partial charge >= 0.3 is 0 Å². The van der Waals surface area contributed by atoms with Gasteiger partial charge in [-0.15, -0.1) is 0 Å². The van der Waals surface area contributed by atoms with Crippen LogP contribution in [0.4, 0.5) is 0 Å². The molecule has 0 radical (unpaired) electrons. The van der Waals surface area contributed by atoms with Crippen molar-refractivity contribution in [3.63, 3.8) is 0 Å². The fourth-order valence-electron chi connectivity index (χ4n) is 1.73. The van der Waals surface area contributed by atoms with E-state index in [0.29, 0.717) is 5.92 Å². The van der Waals surface area contributed by atoms with E-state index < -0.39 is 0 Å². The second-order valence-electron chi connectivity index (χ2n) is 4.97. The maximum Gasteiger partial charge on any atom is 0.138 e. The van der Waals surface area contributed by atoms with Crippen molar-refractivity contribution in [2.24, 2.45) is 11.8 Å². The van der Waals surface area contributed by atoms with Crippen LogP contribution in [0, 0.1) is 5.92 Å². The molecule has 0 aliphatic rings. The Morgan fingerprint density at radius 3 is 2.53 bits per heavy atom. The lowest BCUT2D eigenvalue weighted by Gasteiger charge is -2.19. The Morgan fingerprint density at radius 2 is 2.00 bits per heavy atom. The molecule has 96 valence electrons. The summed E-state index contributed by atoms with van der Waals surface area (Å²) >= 11 is 0. The van der Waals surface area contributed by atoms with Crippen molar-refractivity contribution in [1.82, 2.24) is 10.4 Å². The number of ether oxygens (including phenoxy) is 1. The van der Waals surface area contributed by atoms with E-state index in [0.717, 1.165) is 17.7 Å². The summed E-state index contributed by atoms with van der Waals surface area (Å²) in [4.78, 5) is 4.19. The highest BCUT2D eigenvalue weighted by molar-refractivity contribution is 5.26.